The SMILES string of the molecule is CNC(NN)c1cc(Br)ccc1OC. The summed E-state index contributed by atoms with van der Waals surface area (Å²) >= 11 is 3.40. The fraction of sp³-hybridized carbons (Fsp3) is 0.333. The molecular formula is C9H14BrN3O. The molecule has 1 aromatic rings. The maximum absolute atomic E-state index is 5.41. The van der Waals surface area contributed by atoms with Gasteiger partial charge in [-0.2, -0.15) is 0 Å². The molecule has 0 heterocycles. The zero-order valence-corrected chi connectivity index (χ0v) is 9.76. The summed E-state index contributed by atoms with van der Waals surface area (Å²) < 4.78 is 6.22. The summed E-state index contributed by atoms with van der Waals surface area (Å²) in [6.45, 7) is 0. The van der Waals surface area contributed by atoms with E-state index in [1.165, 1.54) is 0 Å². The molecule has 0 aliphatic rings. The first-order valence-corrected chi connectivity index (χ1v) is 4.99. The van der Waals surface area contributed by atoms with Crippen molar-refractivity contribution in [3.8, 4) is 5.75 Å². The molecule has 4 N–H and O–H groups in total. The molecule has 5 heteroatoms. The lowest BCUT2D eigenvalue weighted by Crippen LogP contribution is -2.36. The van der Waals surface area contributed by atoms with Crippen LogP contribution in [0.25, 0.3) is 0 Å². The molecule has 0 aliphatic carbocycles. The van der Waals surface area contributed by atoms with Crippen molar-refractivity contribution in [1.82, 2.24) is 10.7 Å². The Morgan fingerprint density at radius 3 is 2.71 bits per heavy atom. The summed E-state index contributed by atoms with van der Waals surface area (Å²) in [5.41, 5.74) is 3.62. The van der Waals surface area contributed by atoms with E-state index in [-0.39, 0.29) is 6.17 Å². The molecule has 78 valence electrons. The first-order valence-electron chi connectivity index (χ1n) is 4.19. The van der Waals surface area contributed by atoms with Crippen molar-refractivity contribution in [3.63, 3.8) is 0 Å². The second kappa shape index (κ2) is 5.31. The van der Waals surface area contributed by atoms with E-state index in [4.69, 9.17) is 10.6 Å². The minimum absolute atomic E-state index is 0.123. The van der Waals surface area contributed by atoms with Crippen molar-refractivity contribution < 1.29 is 4.74 Å². The van der Waals surface area contributed by atoms with Gasteiger partial charge in [-0.3, -0.25) is 5.84 Å². The molecular weight excluding hydrogens is 246 g/mol. The smallest absolute Gasteiger partial charge is 0.125 e. The average Bonchev–Trinajstić information content (AvgIpc) is 2.20. The molecule has 0 saturated carbocycles. The Balaban J connectivity index is 3.08. The number of hydrogen-bond donors (Lipinski definition) is 3. The quantitative estimate of drug-likeness (QED) is 0.431. The molecule has 1 atom stereocenters. The standard InChI is InChI=1S/C9H14BrN3O/c1-12-9(13-11)7-5-6(10)3-4-8(7)14-2/h3-5,9,12-13H,11H2,1-2H3. The van der Waals surface area contributed by atoms with E-state index in [1.54, 1.807) is 7.11 Å². The van der Waals surface area contributed by atoms with E-state index in [0.717, 1.165) is 15.8 Å². The zero-order valence-electron chi connectivity index (χ0n) is 8.17. The highest BCUT2D eigenvalue weighted by Gasteiger charge is 2.12. The van der Waals surface area contributed by atoms with E-state index in [9.17, 15) is 0 Å². The van der Waals surface area contributed by atoms with E-state index in [2.05, 4.69) is 26.7 Å². The highest BCUT2D eigenvalue weighted by molar-refractivity contribution is 9.10. The molecule has 14 heavy (non-hydrogen) atoms. The van der Waals surface area contributed by atoms with Crippen LogP contribution in [0, 0.1) is 0 Å². The number of rotatable bonds is 4. The molecule has 0 spiro atoms. The van der Waals surface area contributed by atoms with Crippen molar-refractivity contribution >= 4 is 15.9 Å². The van der Waals surface area contributed by atoms with Gasteiger partial charge in [0.05, 0.1) is 13.3 Å². The third-order valence-electron chi connectivity index (χ3n) is 1.96. The first kappa shape index (κ1) is 11.5. The van der Waals surface area contributed by atoms with E-state index in [1.807, 2.05) is 25.2 Å². The first-order chi connectivity index (χ1) is 6.72. The van der Waals surface area contributed by atoms with Crippen molar-refractivity contribution in [2.45, 2.75) is 6.17 Å². The van der Waals surface area contributed by atoms with Gasteiger partial charge in [0, 0.05) is 10.0 Å². The van der Waals surface area contributed by atoms with Gasteiger partial charge >= 0.3 is 0 Å². The maximum Gasteiger partial charge on any atom is 0.125 e. The predicted molar refractivity (Wildman–Crippen MR) is 59.8 cm³/mol. The Hall–Kier alpha value is -0.620. The average molecular weight is 260 g/mol. The van der Waals surface area contributed by atoms with Crippen LogP contribution in [-0.2, 0) is 0 Å². The fourth-order valence-corrected chi connectivity index (χ4v) is 1.64. The minimum atomic E-state index is -0.123. The Morgan fingerprint density at radius 2 is 2.21 bits per heavy atom. The van der Waals surface area contributed by atoms with Crippen LogP contribution in [-0.4, -0.2) is 14.2 Å². The van der Waals surface area contributed by atoms with Gasteiger partial charge in [-0.25, -0.2) is 5.43 Å². The number of methoxy groups -OCH3 is 1. The molecule has 0 fully saturated rings. The second-order valence-corrected chi connectivity index (χ2v) is 3.69. The molecule has 4 nitrogen and oxygen atoms in total. The van der Waals surface area contributed by atoms with Crippen LogP contribution in [0.4, 0.5) is 0 Å². The van der Waals surface area contributed by atoms with Crippen molar-refractivity contribution in [2.24, 2.45) is 5.84 Å². The summed E-state index contributed by atoms with van der Waals surface area (Å²) in [6, 6.07) is 5.77. The number of hydrazine groups is 1. The molecule has 0 radical (unpaired) electrons. The molecule has 0 saturated heterocycles. The normalized spacial score (nSPS) is 12.6. The lowest BCUT2D eigenvalue weighted by molar-refractivity contribution is 0.391. The minimum Gasteiger partial charge on any atom is -0.496 e. The topological polar surface area (TPSA) is 59.3 Å². The van der Waals surface area contributed by atoms with Crippen molar-refractivity contribution in [1.29, 1.82) is 0 Å². The zero-order chi connectivity index (χ0) is 10.6. The monoisotopic (exact) mass is 259 g/mol. The summed E-state index contributed by atoms with van der Waals surface area (Å²) in [4.78, 5) is 0. The van der Waals surface area contributed by atoms with E-state index in [0.29, 0.717) is 0 Å². The number of benzene rings is 1. The highest BCUT2D eigenvalue weighted by Crippen LogP contribution is 2.26. The number of nitrogens with two attached hydrogens (primary N) is 1. The van der Waals surface area contributed by atoms with Crippen LogP contribution >= 0.6 is 15.9 Å². The Kier molecular flexibility index (Phi) is 4.34. The molecule has 0 bridgehead atoms. The molecule has 1 aromatic carbocycles. The third kappa shape index (κ3) is 2.45. The summed E-state index contributed by atoms with van der Waals surface area (Å²) in [5.74, 6) is 6.20. The third-order valence-corrected chi connectivity index (χ3v) is 2.45. The van der Waals surface area contributed by atoms with Crippen LogP contribution in [0.5, 0.6) is 5.75 Å². The van der Waals surface area contributed by atoms with Crippen molar-refractivity contribution in [2.75, 3.05) is 14.2 Å². The van der Waals surface area contributed by atoms with Gasteiger partial charge in [0.15, 0.2) is 0 Å². The molecule has 0 aromatic heterocycles. The van der Waals surface area contributed by atoms with Crippen LogP contribution in [0.1, 0.15) is 11.7 Å². The largest absolute Gasteiger partial charge is 0.496 e. The van der Waals surface area contributed by atoms with Crippen molar-refractivity contribution in [3.05, 3.63) is 28.2 Å². The van der Waals surface area contributed by atoms with Crippen LogP contribution in [0.2, 0.25) is 0 Å². The van der Waals surface area contributed by atoms with Gasteiger partial charge in [0.1, 0.15) is 5.75 Å². The maximum atomic E-state index is 5.41. The lowest BCUT2D eigenvalue weighted by atomic mass is 10.1. The summed E-state index contributed by atoms with van der Waals surface area (Å²) in [6.07, 6.45) is -0.123. The van der Waals surface area contributed by atoms with Crippen LogP contribution < -0.4 is 21.3 Å². The van der Waals surface area contributed by atoms with Gasteiger partial charge in [0.25, 0.3) is 0 Å². The number of ether oxygens (including phenoxy) is 1. The van der Waals surface area contributed by atoms with Gasteiger partial charge in [-0.15, -0.1) is 0 Å². The highest BCUT2D eigenvalue weighted by atomic mass is 79.9. The van der Waals surface area contributed by atoms with Gasteiger partial charge in [0.2, 0.25) is 0 Å². The molecule has 0 aliphatic heterocycles. The predicted octanol–water partition coefficient (Wildman–Crippen LogP) is 1.14. The van der Waals surface area contributed by atoms with Gasteiger partial charge in [-0.05, 0) is 25.2 Å². The van der Waals surface area contributed by atoms with Crippen LogP contribution in [0.15, 0.2) is 22.7 Å². The second-order valence-electron chi connectivity index (χ2n) is 2.77. The molecule has 1 unspecified atom stereocenters. The molecule has 0 amide bonds. The number of nitrogens with one attached hydrogen (secondary N) is 2. The number of halogens is 1. The van der Waals surface area contributed by atoms with Crippen LogP contribution in [0.3, 0.4) is 0 Å². The van der Waals surface area contributed by atoms with E-state index < -0.39 is 0 Å². The fourth-order valence-electron chi connectivity index (χ4n) is 1.26. The summed E-state index contributed by atoms with van der Waals surface area (Å²) in [7, 11) is 3.46. The summed E-state index contributed by atoms with van der Waals surface area (Å²) in [5, 5.41) is 3.03. The Labute approximate surface area is 91.9 Å². The number of hydrogen-bond acceptors (Lipinski definition) is 4. The van der Waals surface area contributed by atoms with Gasteiger partial charge < -0.3 is 10.1 Å². The molecule has 1 rings (SSSR count). The Bertz CT molecular complexity index is 302. The van der Waals surface area contributed by atoms with E-state index >= 15 is 0 Å². The Morgan fingerprint density at radius 1 is 1.50 bits per heavy atom. The lowest BCUT2D eigenvalue weighted by Gasteiger charge is -2.18. The van der Waals surface area contributed by atoms with Gasteiger partial charge in [-0.1, -0.05) is 15.9 Å².